The summed E-state index contributed by atoms with van der Waals surface area (Å²) in [7, 11) is 0. The fourth-order valence-corrected chi connectivity index (χ4v) is 2.38. The lowest BCUT2D eigenvalue weighted by molar-refractivity contribution is 0.195. The summed E-state index contributed by atoms with van der Waals surface area (Å²) in [4.78, 5) is 9.39. The molecule has 1 aliphatic carbocycles. The van der Waals surface area contributed by atoms with Crippen LogP contribution in [0.4, 0.5) is 11.6 Å². The molecule has 3 rings (SSSR count). The minimum Gasteiger partial charge on any atom is -0.379 e. The maximum absolute atomic E-state index is 5.42. The molecule has 1 atom stereocenters. The summed E-state index contributed by atoms with van der Waals surface area (Å²) in [5, 5.41) is 6.86. The van der Waals surface area contributed by atoms with Gasteiger partial charge in [0.15, 0.2) is 0 Å². The quantitative estimate of drug-likeness (QED) is 0.852. The maximum atomic E-state index is 5.42. The Bertz CT molecular complexity index is 453. The molecule has 1 aromatic heterocycles. The molecule has 0 spiro atoms. The van der Waals surface area contributed by atoms with Crippen LogP contribution in [0, 0.1) is 6.92 Å². The van der Waals surface area contributed by atoms with Crippen LogP contribution in [0.15, 0.2) is 0 Å². The van der Waals surface area contributed by atoms with Gasteiger partial charge in [0.05, 0.1) is 12.6 Å². The fourth-order valence-electron chi connectivity index (χ4n) is 2.38. The third kappa shape index (κ3) is 2.81. The molecule has 2 N–H and O–H groups in total. The molecule has 1 aliphatic heterocycles. The number of nitrogens with one attached hydrogen (secondary N) is 2. The lowest BCUT2D eigenvalue weighted by Crippen LogP contribution is -2.21. The Hall–Kier alpha value is -1.36. The van der Waals surface area contributed by atoms with E-state index in [9.17, 15) is 0 Å². The number of anilines is 2. The summed E-state index contributed by atoms with van der Waals surface area (Å²) in [6, 6.07) is 0.384. The Labute approximate surface area is 114 Å². The zero-order chi connectivity index (χ0) is 13.2. The summed E-state index contributed by atoms with van der Waals surface area (Å²) in [5.74, 6) is 3.51. The molecule has 1 unspecified atom stereocenters. The van der Waals surface area contributed by atoms with E-state index in [1.807, 2.05) is 0 Å². The summed E-state index contributed by atoms with van der Waals surface area (Å²) in [6.07, 6.45) is 3.50. The standard InChI is InChI=1S/C14H22N4O/c1-3-15-12-9(2)13(16-11-6-7-19-8-11)18-14(17-12)10-4-5-10/h10-11H,3-8H2,1-2H3,(H2,15,16,17,18). The monoisotopic (exact) mass is 262 g/mol. The first-order chi connectivity index (χ1) is 9.28. The second-order valence-corrected chi connectivity index (χ2v) is 5.41. The van der Waals surface area contributed by atoms with Crippen molar-refractivity contribution in [3.8, 4) is 0 Å². The van der Waals surface area contributed by atoms with Crippen LogP contribution >= 0.6 is 0 Å². The Kier molecular flexibility index (Phi) is 3.55. The molecule has 0 radical (unpaired) electrons. The Morgan fingerprint density at radius 2 is 2.00 bits per heavy atom. The summed E-state index contributed by atoms with van der Waals surface area (Å²) >= 11 is 0. The van der Waals surface area contributed by atoms with E-state index in [0.29, 0.717) is 12.0 Å². The van der Waals surface area contributed by atoms with Crippen LogP contribution in [0.3, 0.4) is 0 Å². The van der Waals surface area contributed by atoms with E-state index in [-0.39, 0.29) is 0 Å². The fraction of sp³-hybridized carbons (Fsp3) is 0.714. The minimum absolute atomic E-state index is 0.384. The van der Waals surface area contributed by atoms with Crippen molar-refractivity contribution in [2.24, 2.45) is 0 Å². The molecule has 1 aromatic rings. The van der Waals surface area contributed by atoms with Crippen molar-refractivity contribution >= 4 is 11.6 Å². The minimum atomic E-state index is 0.384. The first-order valence-electron chi connectivity index (χ1n) is 7.24. The van der Waals surface area contributed by atoms with Gasteiger partial charge in [0, 0.05) is 24.6 Å². The van der Waals surface area contributed by atoms with E-state index in [1.165, 1.54) is 12.8 Å². The molecular formula is C14H22N4O. The van der Waals surface area contributed by atoms with Crippen molar-refractivity contribution in [3.63, 3.8) is 0 Å². The van der Waals surface area contributed by atoms with Crippen LogP contribution in [0.25, 0.3) is 0 Å². The molecule has 2 fully saturated rings. The van der Waals surface area contributed by atoms with Crippen molar-refractivity contribution in [2.45, 2.75) is 45.1 Å². The Balaban J connectivity index is 1.86. The molecule has 1 saturated heterocycles. The van der Waals surface area contributed by atoms with Gasteiger partial charge in [-0.2, -0.15) is 0 Å². The summed E-state index contributed by atoms with van der Waals surface area (Å²) < 4.78 is 5.42. The number of hydrogen-bond acceptors (Lipinski definition) is 5. The molecule has 1 saturated carbocycles. The molecule has 5 nitrogen and oxygen atoms in total. The second-order valence-electron chi connectivity index (χ2n) is 5.41. The second kappa shape index (κ2) is 5.33. The van der Waals surface area contributed by atoms with Gasteiger partial charge in [0.25, 0.3) is 0 Å². The third-order valence-electron chi connectivity index (χ3n) is 3.72. The van der Waals surface area contributed by atoms with Gasteiger partial charge in [-0.25, -0.2) is 9.97 Å². The number of aromatic nitrogens is 2. The lowest BCUT2D eigenvalue weighted by Gasteiger charge is -2.17. The molecule has 104 valence electrons. The van der Waals surface area contributed by atoms with Gasteiger partial charge in [-0.1, -0.05) is 0 Å². The maximum Gasteiger partial charge on any atom is 0.136 e. The molecule has 2 heterocycles. The van der Waals surface area contributed by atoms with Crippen molar-refractivity contribution in [1.82, 2.24) is 9.97 Å². The molecule has 19 heavy (non-hydrogen) atoms. The van der Waals surface area contributed by atoms with Gasteiger partial charge in [-0.3, -0.25) is 0 Å². The van der Waals surface area contributed by atoms with Crippen LogP contribution in [-0.2, 0) is 4.74 Å². The molecular weight excluding hydrogens is 240 g/mol. The van der Waals surface area contributed by atoms with E-state index in [1.54, 1.807) is 0 Å². The Morgan fingerprint density at radius 1 is 1.21 bits per heavy atom. The lowest BCUT2D eigenvalue weighted by atomic mass is 10.2. The molecule has 5 heteroatoms. The molecule has 0 amide bonds. The normalized spacial score (nSPS) is 22.5. The van der Waals surface area contributed by atoms with Gasteiger partial charge < -0.3 is 15.4 Å². The van der Waals surface area contributed by atoms with Crippen LogP contribution in [0.2, 0.25) is 0 Å². The molecule has 2 aliphatic rings. The van der Waals surface area contributed by atoms with Gasteiger partial charge >= 0.3 is 0 Å². The van der Waals surface area contributed by atoms with Gasteiger partial charge in [0.1, 0.15) is 17.5 Å². The van der Waals surface area contributed by atoms with Crippen LogP contribution in [-0.4, -0.2) is 35.8 Å². The highest BCUT2D eigenvalue weighted by Gasteiger charge is 2.28. The van der Waals surface area contributed by atoms with Crippen LogP contribution < -0.4 is 10.6 Å². The predicted molar refractivity (Wildman–Crippen MR) is 75.8 cm³/mol. The van der Waals surface area contributed by atoms with Crippen molar-refractivity contribution in [1.29, 1.82) is 0 Å². The van der Waals surface area contributed by atoms with Crippen molar-refractivity contribution in [3.05, 3.63) is 11.4 Å². The predicted octanol–water partition coefficient (Wildman–Crippen LogP) is 2.30. The Morgan fingerprint density at radius 3 is 2.63 bits per heavy atom. The average Bonchev–Trinajstić information content (AvgIpc) is 3.13. The van der Waals surface area contributed by atoms with E-state index >= 15 is 0 Å². The van der Waals surface area contributed by atoms with Gasteiger partial charge in [-0.05, 0) is 33.1 Å². The first-order valence-corrected chi connectivity index (χ1v) is 7.24. The average molecular weight is 262 g/mol. The summed E-state index contributed by atoms with van der Waals surface area (Å²) in [6.45, 7) is 6.67. The first kappa shape index (κ1) is 12.7. The van der Waals surface area contributed by atoms with Gasteiger partial charge in [0.2, 0.25) is 0 Å². The molecule has 0 bridgehead atoms. The SMILES string of the molecule is CCNc1nc(C2CC2)nc(NC2CCOC2)c1C. The van der Waals surface area contributed by atoms with Crippen LogP contribution in [0.1, 0.15) is 43.5 Å². The number of ether oxygens (including phenoxy) is 1. The third-order valence-corrected chi connectivity index (χ3v) is 3.72. The highest BCUT2D eigenvalue weighted by atomic mass is 16.5. The largest absolute Gasteiger partial charge is 0.379 e. The highest BCUT2D eigenvalue weighted by Crippen LogP contribution is 2.39. The van der Waals surface area contributed by atoms with E-state index in [0.717, 1.165) is 49.2 Å². The highest BCUT2D eigenvalue weighted by molar-refractivity contribution is 5.58. The van der Waals surface area contributed by atoms with Crippen LogP contribution in [0.5, 0.6) is 0 Å². The zero-order valence-corrected chi connectivity index (χ0v) is 11.7. The van der Waals surface area contributed by atoms with E-state index in [4.69, 9.17) is 9.72 Å². The molecule has 0 aromatic carbocycles. The van der Waals surface area contributed by atoms with Crippen molar-refractivity contribution < 1.29 is 4.74 Å². The van der Waals surface area contributed by atoms with E-state index < -0.39 is 0 Å². The van der Waals surface area contributed by atoms with E-state index in [2.05, 4.69) is 29.5 Å². The summed E-state index contributed by atoms with van der Waals surface area (Å²) in [5.41, 5.74) is 1.11. The van der Waals surface area contributed by atoms with Gasteiger partial charge in [-0.15, -0.1) is 0 Å². The number of hydrogen-bond donors (Lipinski definition) is 2. The smallest absolute Gasteiger partial charge is 0.136 e. The topological polar surface area (TPSA) is 59.1 Å². The number of rotatable bonds is 5. The van der Waals surface area contributed by atoms with Crippen molar-refractivity contribution in [2.75, 3.05) is 30.4 Å². The zero-order valence-electron chi connectivity index (χ0n) is 11.7. The number of nitrogens with zero attached hydrogens (tertiary/aromatic N) is 2.